The Labute approximate surface area is 115 Å². The third kappa shape index (κ3) is 3.33. The minimum atomic E-state index is -0.178. The minimum Gasteiger partial charge on any atom is -0.309 e. The maximum atomic E-state index is 14.1. The number of halogens is 1. The third-order valence-electron chi connectivity index (χ3n) is 4.41. The van der Waals surface area contributed by atoms with Crippen LogP contribution in [-0.4, -0.2) is 11.5 Å². The molecule has 0 amide bonds. The molecule has 1 unspecified atom stereocenters. The molecule has 2 nitrogen and oxygen atoms in total. The molecule has 1 aromatic heterocycles. The molecule has 106 valence electrons. The van der Waals surface area contributed by atoms with Crippen LogP contribution >= 0.6 is 0 Å². The zero-order chi connectivity index (χ0) is 13.7. The fraction of sp³-hybridized carbons (Fsp3) is 0.688. The molecule has 1 fully saturated rings. The fourth-order valence-electron chi connectivity index (χ4n) is 3.29. The maximum absolute atomic E-state index is 14.1. The van der Waals surface area contributed by atoms with E-state index in [0.717, 1.165) is 18.5 Å². The van der Waals surface area contributed by atoms with Gasteiger partial charge in [-0.1, -0.05) is 33.1 Å². The van der Waals surface area contributed by atoms with Crippen molar-refractivity contribution in [3.63, 3.8) is 0 Å². The van der Waals surface area contributed by atoms with Crippen LogP contribution in [0.25, 0.3) is 0 Å². The molecule has 0 aromatic carbocycles. The van der Waals surface area contributed by atoms with Crippen molar-refractivity contribution in [2.24, 2.45) is 5.41 Å². The molecular weight excluding hydrogens is 239 g/mol. The summed E-state index contributed by atoms with van der Waals surface area (Å²) in [6.45, 7) is 5.39. The van der Waals surface area contributed by atoms with Crippen LogP contribution in [0.15, 0.2) is 18.5 Å². The second-order valence-corrected chi connectivity index (χ2v) is 6.00. The van der Waals surface area contributed by atoms with Crippen molar-refractivity contribution in [2.75, 3.05) is 6.54 Å². The minimum absolute atomic E-state index is 0.107. The van der Waals surface area contributed by atoms with Crippen molar-refractivity contribution in [3.8, 4) is 0 Å². The largest absolute Gasteiger partial charge is 0.309 e. The van der Waals surface area contributed by atoms with Crippen molar-refractivity contribution < 1.29 is 4.39 Å². The van der Waals surface area contributed by atoms with E-state index >= 15 is 0 Å². The lowest BCUT2D eigenvalue weighted by Gasteiger charge is -2.41. The number of hydrogen-bond donors (Lipinski definition) is 1. The summed E-state index contributed by atoms with van der Waals surface area (Å²) in [7, 11) is 0. The van der Waals surface area contributed by atoms with Gasteiger partial charge < -0.3 is 5.32 Å². The Bertz CT molecular complexity index is 399. The number of nitrogens with zero attached hydrogens (tertiary/aromatic N) is 1. The average Bonchev–Trinajstić information content (AvgIpc) is 2.42. The molecule has 0 saturated heterocycles. The lowest BCUT2D eigenvalue weighted by molar-refractivity contribution is 0.142. The summed E-state index contributed by atoms with van der Waals surface area (Å²) in [4.78, 5) is 3.87. The SMILES string of the molecule is CCCNC(c1ccncc1F)C1(C)CCCCC1. The number of nitrogens with one attached hydrogen (secondary N) is 1. The van der Waals surface area contributed by atoms with Crippen molar-refractivity contribution in [1.29, 1.82) is 0 Å². The second kappa shape index (κ2) is 6.47. The van der Waals surface area contributed by atoms with E-state index in [9.17, 15) is 4.39 Å². The highest BCUT2D eigenvalue weighted by molar-refractivity contribution is 5.20. The number of rotatable bonds is 5. The van der Waals surface area contributed by atoms with E-state index in [1.807, 2.05) is 6.07 Å². The predicted molar refractivity (Wildman–Crippen MR) is 76.4 cm³/mol. The highest BCUT2D eigenvalue weighted by Crippen LogP contribution is 2.46. The fourth-order valence-corrected chi connectivity index (χ4v) is 3.29. The Hall–Kier alpha value is -0.960. The van der Waals surface area contributed by atoms with Gasteiger partial charge in [-0.15, -0.1) is 0 Å². The van der Waals surface area contributed by atoms with Crippen LogP contribution in [0.2, 0.25) is 0 Å². The first-order valence-corrected chi connectivity index (χ1v) is 7.50. The topological polar surface area (TPSA) is 24.9 Å². The molecule has 1 atom stereocenters. The van der Waals surface area contributed by atoms with Crippen LogP contribution in [-0.2, 0) is 0 Å². The second-order valence-electron chi connectivity index (χ2n) is 6.00. The van der Waals surface area contributed by atoms with Crippen molar-refractivity contribution in [3.05, 3.63) is 29.8 Å². The third-order valence-corrected chi connectivity index (χ3v) is 4.41. The summed E-state index contributed by atoms with van der Waals surface area (Å²) in [6, 6.07) is 1.94. The number of aromatic nitrogens is 1. The molecule has 3 heteroatoms. The van der Waals surface area contributed by atoms with Crippen molar-refractivity contribution in [1.82, 2.24) is 10.3 Å². The van der Waals surface area contributed by atoms with Crippen LogP contribution < -0.4 is 5.32 Å². The van der Waals surface area contributed by atoms with Gasteiger partial charge in [0, 0.05) is 17.8 Å². The molecule has 0 aliphatic heterocycles. The standard InChI is InChI=1S/C16H25FN2/c1-3-10-19-15(13-7-11-18-12-14(13)17)16(2)8-5-4-6-9-16/h7,11-12,15,19H,3-6,8-10H2,1-2H3. The lowest BCUT2D eigenvalue weighted by atomic mass is 9.68. The Morgan fingerprint density at radius 2 is 2.11 bits per heavy atom. The Morgan fingerprint density at radius 3 is 2.74 bits per heavy atom. The van der Waals surface area contributed by atoms with E-state index in [0.29, 0.717) is 0 Å². The number of pyridine rings is 1. The van der Waals surface area contributed by atoms with Crippen LogP contribution in [0.1, 0.15) is 64.0 Å². The molecule has 1 N–H and O–H groups in total. The van der Waals surface area contributed by atoms with E-state index in [2.05, 4.69) is 24.1 Å². The lowest BCUT2D eigenvalue weighted by Crippen LogP contribution is -2.38. The van der Waals surface area contributed by atoms with Gasteiger partial charge in [0.15, 0.2) is 0 Å². The van der Waals surface area contributed by atoms with E-state index < -0.39 is 0 Å². The van der Waals surface area contributed by atoms with E-state index in [4.69, 9.17) is 0 Å². The summed E-state index contributed by atoms with van der Waals surface area (Å²) in [5.41, 5.74) is 0.947. The van der Waals surface area contributed by atoms with Crippen LogP contribution in [0.3, 0.4) is 0 Å². The first-order chi connectivity index (χ1) is 9.17. The molecule has 2 rings (SSSR count). The summed E-state index contributed by atoms with van der Waals surface area (Å²) in [5.74, 6) is -0.178. The van der Waals surface area contributed by atoms with E-state index in [-0.39, 0.29) is 17.3 Å². The highest BCUT2D eigenvalue weighted by Gasteiger charge is 2.37. The van der Waals surface area contributed by atoms with Crippen LogP contribution in [0, 0.1) is 11.2 Å². The van der Waals surface area contributed by atoms with Gasteiger partial charge in [-0.25, -0.2) is 4.39 Å². The quantitative estimate of drug-likeness (QED) is 0.860. The normalized spacial score (nSPS) is 20.2. The molecule has 19 heavy (non-hydrogen) atoms. The summed E-state index contributed by atoms with van der Waals surface area (Å²) < 4.78 is 14.1. The summed E-state index contributed by atoms with van der Waals surface area (Å²) in [5, 5.41) is 3.57. The van der Waals surface area contributed by atoms with E-state index in [1.165, 1.54) is 38.3 Å². The molecule has 0 spiro atoms. The number of hydrogen-bond acceptors (Lipinski definition) is 2. The van der Waals surface area contributed by atoms with Crippen LogP contribution in [0.5, 0.6) is 0 Å². The Morgan fingerprint density at radius 1 is 1.37 bits per heavy atom. The zero-order valence-corrected chi connectivity index (χ0v) is 12.1. The molecule has 1 heterocycles. The van der Waals surface area contributed by atoms with Crippen LogP contribution in [0.4, 0.5) is 4.39 Å². The molecular formula is C16H25FN2. The summed E-state index contributed by atoms with van der Waals surface area (Å²) in [6.07, 6.45) is 10.3. The van der Waals surface area contributed by atoms with Gasteiger partial charge in [0.25, 0.3) is 0 Å². The first kappa shape index (κ1) is 14.4. The molecule has 1 aromatic rings. The van der Waals surface area contributed by atoms with Gasteiger partial charge in [-0.05, 0) is 37.3 Å². The van der Waals surface area contributed by atoms with Crippen molar-refractivity contribution in [2.45, 2.75) is 58.4 Å². The van der Waals surface area contributed by atoms with Gasteiger partial charge in [-0.3, -0.25) is 4.98 Å². The smallest absolute Gasteiger partial charge is 0.146 e. The molecule has 1 aliphatic rings. The van der Waals surface area contributed by atoms with Gasteiger partial charge >= 0.3 is 0 Å². The monoisotopic (exact) mass is 264 g/mol. The maximum Gasteiger partial charge on any atom is 0.146 e. The molecule has 1 aliphatic carbocycles. The molecule has 0 radical (unpaired) electrons. The van der Waals surface area contributed by atoms with Crippen molar-refractivity contribution >= 4 is 0 Å². The Kier molecular flexibility index (Phi) is 4.92. The Balaban J connectivity index is 2.27. The van der Waals surface area contributed by atoms with Gasteiger partial charge in [0.2, 0.25) is 0 Å². The zero-order valence-electron chi connectivity index (χ0n) is 12.1. The first-order valence-electron chi connectivity index (χ1n) is 7.50. The predicted octanol–water partition coefficient (Wildman–Crippen LogP) is 4.23. The molecule has 0 bridgehead atoms. The highest BCUT2D eigenvalue weighted by atomic mass is 19.1. The molecule has 1 saturated carbocycles. The van der Waals surface area contributed by atoms with Gasteiger partial charge in [0.1, 0.15) is 5.82 Å². The van der Waals surface area contributed by atoms with Gasteiger partial charge in [-0.2, -0.15) is 0 Å². The summed E-state index contributed by atoms with van der Waals surface area (Å²) >= 11 is 0. The van der Waals surface area contributed by atoms with E-state index in [1.54, 1.807) is 6.20 Å². The van der Waals surface area contributed by atoms with Gasteiger partial charge in [0.05, 0.1) is 6.20 Å². The average molecular weight is 264 g/mol.